The molecule has 1 N–H and O–H groups in total. The zero-order valence-electron chi connectivity index (χ0n) is 10.5. The predicted molar refractivity (Wildman–Crippen MR) is 68.6 cm³/mol. The maximum absolute atomic E-state index is 11.8. The fourth-order valence-corrected chi connectivity index (χ4v) is 2.03. The van der Waals surface area contributed by atoms with Gasteiger partial charge in [0, 0.05) is 11.3 Å². The standard InChI is InChI=1S/C12H15N3O2S/c1-7(2)10-14-12(17-15-10)8(3)13-11(16)9-4-5-18-6-9/h4-8H,1-3H3,(H,13,16). The van der Waals surface area contributed by atoms with E-state index in [2.05, 4.69) is 15.5 Å². The van der Waals surface area contributed by atoms with E-state index in [-0.39, 0.29) is 17.9 Å². The third-order valence-corrected chi connectivity index (χ3v) is 3.16. The molecule has 96 valence electrons. The van der Waals surface area contributed by atoms with Crippen molar-refractivity contribution in [2.45, 2.75) is 32.7 Å². The fourth-order valence-electron chi connectivity index (χ4n) is 1.39. The van der Waals surface area contributed by atoms with Crippen LogP contribution in [-0.2, 0) is 0 Å². The number of hydrogen-bond acceptors (Lipinski definition) is 5. The largest absolute Gasteiger partial charge is 0.340 e. The number of rotatable bonds is 4. The molecule has 0 aliphatic heterocycles. The highest BCUT2D eigenvalue weighted by molar-refractivity contribution is 7.08. The third kappa shape index (κ3) is 2.76. The number of aromatic nitrogens is 2. The minimum atomic E-state index is -0.294. The number of nitrogens with one attached hydrogen (secondary N) is 1. The van der Waals surface area contributed by atoms with Gasteiger partial charge in [-0.25, -0.2) is 0 Å². The lowest BCUT2D eigenvalue weighted by atomic mass is 10.2. The molecule has 6 heteroatoms. The number of nitrogens with zero attached hydrogens (tertiary/aromatic N) is 2. The normalized spacial score (nSPS) is 12.7. The average molecular weight is 265 g/mol. The van der Waals surface area contributed by atoms with Crippen molar-refractivity contribution >= 4 is 17.2 Å². The summed E-state index contributed by atoms with van der Waals surface area (Å²) in [5.74, 6) is 1.17. The number of carbonyl (C=O) groups excluding carboxylic acids is 1. The Kier molecular flexibility index (Phi) is 3.76. The highest BCUT2D eigenvalue weighted by atomic mass is 32.1. The number of carbonyl (C=O) groups is 1. The minimum absolute atomic E-state index is 0.131. The van der Waals surface area contributed by atoms with Gasteiger partial charge in [0.05, 0.1) is 5.56 Å². The Labute approximate surface area is 109 Å². The molecule has 0 spiro atoms. The molecular weight excluding hydrogens is 250 g/mol. The van der Waals surface area contributed by atoms with E-state index >= 15 is 0 Å². The van der Waals surface area contributed by atoms with E-state index in [9.17, 15) is 4.79 Å². The Hall–Kier alpha value is -1.69. The van der Waals surface area contributed by atoms with Crippen molar-refractivity contribution in [3.8, 4) is 0 Å². The smallest absolute Gasteiger partial charge is 0.252 e. The molecule has 0 saturated heterocycles. The Bertz CT molecular complexity index is 519. The summed E-state index contributed by atoms with van der Waals surface area (Å²) in [6, 6.07) is 1.48. The first-order chi connectivity index (χ1) is 8.58. The van der Waals surface area contributed by atoms with Crippen molar-refractivity contribution in [2.24, 2.45) is 0 Å². The fraction of sp³-hybridized carbons (Fsp3) is 0.417. The first kappa shape index (κ1) is 12.8. The molecule has 0 aliphatic carbocycles. The second-order valence-corrected chi connectivity index (χ2v) is 5.13. The van der Waals surface area contributed by atoms with Crippen LogP contribution in [0.1, 0.15) is 54.8 Å². The summed E-state index contributed by atoms with van der Waals surface area (Å²) in [5.41, 5.74) is 0.649. The average Bonchev–Trinajstić information content (AvgIpc) is 3.00. The highest BCUT2D eigenvalue weighted by Crippen LogP contribution is 2.15. The van der Waals surface area contributed by atoms with Crippen LogP contribution in [0.4, 0.5) is 0 Å². The quantitative estimate of drug-likeness (QED) is 0.923. The molecular formula is C12H15N3O2S. The van der Waals surface area contributed by atoms with E-state index < -0.39 is 0 Å². The molecule has 2 rings (SSSR count). The lowest BCUT2D eigenvalue weighted by Gasteiger charge is -2.08. The second-order valence-electron chi connectivity index (χ2n) is 4.35. The highest BCUT2D eigenvalue weighted by Gasteiger charge is 2.18. The molecule has 1 unspecified atom stereocenters. The molecule has 0 aliphatic rings. The molecule has 2 aromatic heterocycles. The lowest BCUT2D eigenvalue weighted by molar-refractivity contribution is 0.0933. The minimum Gasteiger partial charge on any atom is -0.340 e. The molecule has 18 heavy (non-hydrogen) atoms. The third-order valence-electron chi connectivity index (χ3n) is 2.48. The predicted octanol–water partition coefficient (Wildman–Crippen LogP) is 2.75. The van der Waals surface area contributed by atoms with E-state index in [4.69, 9.17) is 4.52 Å². The molecule has 1 atom stereocenters. The lowest BCUT2D eigenvalue weighted by Crippen LogP contribution is -2.26. The molecule has 5 nitrogen and oxygen atoms in total. The van der Waals surface area contributed by atoms with Crippen LogP contribution in [0.5, 0.6) is 0 Å². The molecule has 2 heterocycles. The van der Waals surface area contributed by atoms with Gasteiger partial charge in [-0.1, -0.05) is 19.0 Å². The Morgan fingerprint density at radius 3 is 2.78 bits per heavy atom. The van der Waals surface area contributed by atoms with E-state index in [1.807, 2.05) is 26.2 Å². The van der Waals surface area contributed by atoms with Crippen LogP contribution in [0.2, 0.25) is 0 Å². The van der Waals surface area contributed by atoms with Gasteiger partial charge in [-0.05, 0) is 18.4 Å². The van der Waals surface area contributed by atoms with Crippen molar-refractivity contribution in [1.29, 1.82) is 0 Å². The maximum Gasteiger partial charge on any atom is 0.252 e. The molecule has 0 bridgehead atoms. The monoisotopic (exact) mass is 265 g/mol. The van der Waals surface area contributed by atoms with Crippen molar-refractivity contribution < 1.29 is 9.32 Å². The van der Waals surface area contributed by atoms with Gasteiger partial charge >= 0.3 is 0 Å². The maximum atomic E-state index is 11.8. The van der Waals surface area contributed by atoms with Crippen molar-refractivity contribution in [3.05, 3.63) is 34.1 Å². The van der Waals surface area contributed by atoms with Crippen LogP contribution < -0.4 is 5.32 Å². The molecule has 1 amide bonds. The van der Waals surface area contributed by atoms with Gasteiger partial charge in [0.1, 0.15) is 6.04 Å². The summed E-state index contributed by atoms with van der Waals surface area (Å²) >= 11 is 1.49. The van der Waals surface area contributed by atoms with Gasteiger partial charge in [0.15, 0.2) is 5.82 Å². The van der Waals surface area contributed by atoms with Crippen LogP contribution in [0.3, 0.4) is 0 Å². The van der Waals surface area contributed by atoms with Crippen LogP contribution in [0.15, 0.2) is 21.3 Å². The molecule has 0 saturated carbocycles. The van der Waals surface area contributed by atoms with Crippen LogP contribution in [0.25, 0.3) is 0 Å². The Balaban J connectivity index is 2.03. The van der Waals surface area contributed by atoms with Crippen molar-refractivity contribution in [2.75, 3.05) is 0 Å². The van der Waals surface area contributed by atoms with E-state index in [1.54, 1.807) is 11.4 Å². The van der Waals surface area contributed by atoms with Crippen molar-refractivity contribution in [1.82, 2.24) is 15.5 Å². The summed E-state index contributed by atoms with van der Waals surface area (Å²) in [5, 5.41) is 10.4. The summed E-state index contributed by atoms with van der Waals surface area (Å²) < 4.78 is 5.13. The Morgan fingerprint density at radius 1 is 1.44 bits per heavy atom. The van der Waals surface area contributed by atoms with Gasteiger partial charge < -0.3 is 9.84 Å². The van der Waals surface area contributed by atoms with Gasteiger partial charge in [-0.15, -0.1) is 0 Å². The molecule has 0 fully saturated rings. The number of hydrogen-bond donors (Lipinski definition) is 1. The zero-order valence-corrected chi connectivity index (χ0v) is 11.3. The van der Waals surface area contributed by atoms with E-state index in [1.165, 1.54) is 11.3 Å². The van der Waals surface area contributed by atoms with Gasteiger partial charge in [0.2, 0.25) is 5.89 Å². The molecule has 0 aromatic carbocycles. The second kappa shape index (κ2) is 5.30. The SMILES string of the molecule is CC(C)c1noc(C(C)NC(=O)c2ccsc2)n1. The molecule has 2 aromatic rings. The number of thiophene rings is 1. The summed E-state index contributed by atoms with van der Waals surface area (Å²) in [6.45, 7) is 5.80. The topological polar surface area (TPSA) is 68.0 Å². The summed E-state index contributed by atoms with van der Waals surface area (Å²) in [7, 11) is 0. The van der Waals surface area contributed by atoms with Gasteiger partial charge in [-0.2, -0.15) is 16.3 Å². The van der Waals surface area contributed by atoms with Crippen LogP contribution >= 0.6 is 11.3 Å². The Morgan fingerprint density at radius 2 is 2.22 bits per heavy atom. The molecule has 0 radical (unpaired) electrons. The summed E-state index contributed by atoms with van der Waals surface area (Å²) in [4.78, 5) is 16.1. The first-order valence-corrected chi connectivity index (χ1v) is 6.68. The van der Waals surface area contributed by atoms with Gasteiger partial charge in [0.25, 0.3) is 5.91 Å². The number of amides is 1. The van der Waals surface area contributed by atoms with Crippen molar-refractivity contribution in [3.63, 3.8) is 0 Å². The first-order valence-electron chi connectivity index (χ1n) is 5.74. The van der Waals surface area contributed by atoms with Crippen LogP contribution in [0, 0.1) is 0 Å². The van der Waals surface area contributed by atoms with Gasteiger partial charge in [-0.3, -0.25) is 4.79 Å². The van der Waals surface area contributed by atoms with E-state index in [0.29, 0.717) is 17.3 Å². The van der Waals surface area contributed by atoms with Crippen LogP contribution in [-0.4, -0.2) is 16.0 Å². The van der Waals surface area contributed by atoms with E-state index in [0.717, 1.165) is 0 Å². The summed E-state index contributed by atoms with van der Waals surface area (Å²) in [6.07, 6.45) is 0. The zero-order chi connectivity index (χ0) is 13.1.